The molecule has 2 atom stereocenters. The van der Waals surface area contributed by atoms with E-state index in [4.69, 9.17) is 5.73 Å². The Morgan fingerprint density at radius 2 is 2.27 bits per heavy atom. The standard InChI is InChI=1S/C9H18N4O2/c1-6-5-13(4-3-11-6)7(2)8(14)12-9(10)15/h6-7,11H,3-5H2,1-2H3,(H3,10,12,14,15)/t6-,7?/m1/s1. The van der Waals surface area contributed by atoms with E-state index in [1.807, 2.05) is 4.90 Å². The summed E-state index contributed by atoms with van der Waals surface area (Å²) in [4.78, 5) is 24.0. The van der Waals surface area contributed by atoms with Crippen molar-refractivity contribution in [2.45, 2.75) is 25.9 Å². The molecule has 0 bridgehead atoms. The first-order chi connectivity index (χ1) is 7.00. The number of nitrogens with two attached hydrogens (primary N) is 1. The van der Waals surface area contributed by atoms with Gasteiger partial charge in [0.15, 0.2) is 0 Å². The third kappa shape index (κ3) is 3.49. The molecular formula is C9H18N4O2. The molecule has 86 valence electrons. The Balaban J connectivity index is 2.47. The second kappa shape index (κ2) is 5.09. The Bertz CT molecular complexity index is 256. The van der Waals surface area contributed by atoms with E-state index in [1.54, 1.807) is 6.92 Å². The minimum Gasteiger partial charge on any atom is -0.351 e. The smallest absolute Gasteiger partial charge is 0.318 e. The van der Waals surface area contributed by atoms with Gasteiger partial charge in [-0.25, -0.2) is 4.79 Å². The minimum atomic E-state index is -0.796. The summed E-state index contributed by atoms with van der Waals surface area (Å²) >= 11 is 0. The van der Waals surface area contributed by atoms with Crippen molar-refractivity contribution < 1.29 is 9.59 Å². The number of nitrogens with one attached hydrogen (secondary N) is 2. The molecule has 4 N–H and O–H groups in total. The number of imide groups is 1. The van der Waals surface area contributed by atoms with Crippen LogP contribution in [0, 0.1) is 0 Å². The van der Waals surface area contributed by atoms with Crippen LogP contribution < -0.4 is 16.4 Å². The van der Waals surface area contributed by atoms with Gasteiger partial charge in [0.1, 0.15) is 0 Å². The molecule has 0 aromatic rings. The highest BCUT2D eigenvalue weighted by Crippen LogP contribution is 2.04. The van der Waals surface area contributed by atoms with E-state index in [2.05, 4.69) is 17.6 Å². The molecule has 0 aliphatic carbocycles. The molecule has 0 aromatic carbocycles. The molecule has 0 spiro atoms. The van der Waals surface area contributed by atoms with Crippen molar-refractivity contribution >= 4 is 11.9 Å². The van der Waals surface area contributed by atoms with Crippen molar-refractivity contribution in [3.63, 3.8) is 0 Å². The van der Waals surface area contributed by atoms with Crippen molar-refractivity contribution in [2.75, 3.05) is 19.6 Å². The van der Waals surface area contributed by atoms with Gasteiger partial charge in [0, 0.05) is 25.7 Å². The first-order valence-corrected chi connectivity index (χ1v) is 5.08. The van der Waals surface area contributed by atoms with Crippen LogP contribution in [0.4, 0.5) is 4.79 Å². The van der Waals surface area contributed by atoms with Gasteiger partial charge in [0.2, 0.25) is 5.91 Å². The molecule has 0 saturated carbocycles. The summed E-state index contributed by atoms with van der Waals surface area (Å²) in [7, 11) is 0. The number of urea groups is 1. The maximum absolute atomic E-state index is 11.5. The van der Waals surface area contributed by atoms with Crippen LogP contribution in [0.5, 0.6) is 0 Å². The van der Waals surface area contributed by atoms with Gasteiger partial charge in [-0.05, 0) is 13.8 Å². The largest absolute Gasteiger partial charge is 0.351 e. The maximum Gasteiger partial charge on any atom is 0.318 e. The Morgan fingerprint density at radius 1 is 1.60 bits per heavy atom. The molecule has 6 nitrogen and oxygen atoms in total. The lowest BCUT2D eigenvalue weighted by Gasteiger charge is -2.35. The quantitative estimate of drug-likeness (QED) is 0.542. The van der Waals surface area contributed by atoms with Crippen LogP contribution in [-0.2, 0) is 4.79 Å². The molecule has 1 rings (SSSR count). The molecule has 6 heteroatoms. The van der Waals surface area contributed by atoms with E-state index < -0.39 is 6.03 Å². The van der Waals surface area contributed by atoms with E-state index in [-0.39, 0.29) is 11.9 Å². The van der Waals surface area contributed by atoms with Crippen LogP contribution in [0.3, 0.4) is 0 Å². The highest BCUT2D eigenvalue weighted by atomic mass is 16.2. The summed E-state index contributed by atoms with van der Waals surface area (Å²) in [6.07, 6.45) is 0. The average Bonchev–Trinajstić information content (AvgIpc) is 2.15. The summed E-state index contributed by atoms with van der Waals surface area (Å²) in [5, 5.41) is 5.37. The lowest BCUT2D eigenvalue weighted by molar-refractivity contribution is -0.125. The highest BCUT2D eigenvalue weighted by molar-refractivity contribution is 5.96. The number of carbonyl (C=O) groups is 2. The van der Waals surface area contributed by atoms with Crippen molar-refractivity contribution in [2.24, 2.45) is 5.73 Å². The summed E-state index contributed by atoms with van der Waals surface area (Å²) in [6, 6.07) is -0.750. The normalized spacial score (nSPS) is 24.5. The molecule has 15 heavy (non-hydrogen) atoms. The molecule has 1 saturated heterocycles. The predicted molar refractivity (Wildman–Crippen MR) is 56.2 cm³/mol. The molecule has 1 unspecified atom stereocenters. The summed E-state index contributed by atoms with van der Waals surface area (Å²) < 4.78 is 0. The third-order valence-corrected chi connectivity index (χ3v) is 2.57. The number of nitrogens with zero attached hydrogens (tertiary/aromatic N) is 1. The molecule has 0 aromatic heterocycles. The summed E-state index contributed by atoms with van der Waals surface area (Å²) in [5.74, 6) is -0.336. The van der Waals surface area contributed by atoms with Gasteiger partial charge in [0.05, 0.1) is 6.04 Å². The highest BCUT2D eigenvalue weighted by Gasteiger charge is 2.25. The van der Waals surface area contributed by atoms with E-state index in [0.29, 0.717) is 6.04 Å². The SMILES string of the molecule is CC(C(=O)NC(N)=O)N1CCN[C@H](C)C1. The number of primary amides is 1. The van der Waals surface area contributed by atoms with E-state index in [1.165, 1.54) is 0 Å². The van der Waals surface area contributed by atoms with Crippen LogP contribution in [-0.4, -0.2) is 48.6 Å². The first kappa shape index (κ1) is 11.9. The van der Waals surface area contributed by atoms with Gasteiger partial charge in [-0.2, -0.15) is 0 Å². The zero-order valence-electron chi connectivity index (χ0n) is 9.12. The van der Waals surface area contributed by atoms with Gasteiger partial charge < -0.3 is 11.1 Å². The minimum absolute atomic E-state index is 0.318. The van der Waals surface area contributed by atoms with Crippen LogP contribution in [0.15, 0.2) is 0 Å². The molecule has 1 aliphatic heterocycles. The Kier molecular flexibility index (Phi) is 4.05. The van der Waals surface area contributed by atoms with Gasteiger partial charge in [-0.1, -0.05) is 0 Å². The van der Waals surface area contributed by atoms with Gasteiger partial charge in [0.25, 0.3) is 0 Å². The van der Waals surface area contributed by atoms with Crippen LogP contribution in [0.1, 0.15) is 13.8 Å². The first-order valence-electron chi connectivity index (χ1n) is 5.08. The number of carbonyl (C=O) groups excluding carboxylic acids is 2. The van der Waals surface area contributed by atoms with Gasteiger partial charge in [-0.15, -0.1) is 0 Å². The van der Waals surface area contributed by atoms with Crippen molar-refractivity contribution in [1.29, 1.82) is 0 Å². The lowest BCUT2D eigenvalue weighted by Crippen LogP contribution is -2.56. The fraction of sp³-hybridized carbons (Fsp3) is 0.778. The Hall–Kier alpha value is -1.14. The van der Waals surface area contributed by atoms with Gasteiger partial charge in [-0.3, -0.25) is 15.0 Å². The van der Waals surface area contributed by atoms with E-state index >= 15 is 0 Å². The zero-order chi connectivity index (χ0) is 11.4. The fourth-order valence-electron chi connectivity index (χ4n) is 1.71. The second-order valence-corrected chi connectivity index (χ2v) is 3.88. The van der Waals surface area contributed by atoms with Crippen LogP contribution in [0.25, 0.3) is 0 Å². The molecule has 3 amide bonds. The summed E-state index contributed by atoms with van der Waals surface area (Å²) in [5.41, 5.74) is 4.89. The number of amides is 3. The van der Waals surface area contributed by atoms with Crippen molar-refractivity contribution in [1.82, 2.24) is 15.5 Å². The Labute approximate surface area is 89.2 Å². The third-order valence-electron chi connectivity index (χ3n) is 2.57. The number of hydrogen-bond acceptors (Lipinski definition) is 4. The number of piperazine rings is 1. The molecule has 1 heterocycles. The predicted octanol–water partition coefficient (Wildman–Crippen LogP) is -1.14. The lowest BCUT2D eigenvalue weighted by atomic mass is 10.1. The van der Waals surface area contributed by atoms with Crippen LogP contribution in [0.2, 0.25) is 0 Å². The fourth-order valence-corrected chi connectivity index (χ4v) is 1.71. The number of rotatable bonds is 2. The van der Waals surface area contributed by atoms with Gasteiger partial charge >= 0.3 is 6.03 Å². The number of hydrogen-bond donors (Lipinski definition) is 3. The van der Waals surface area contributed by atoms with Crippen molar-refractivity contribution in [3.8, 4) is 0 Å². The monoisotopic (exact) mass is 214 g/mol. The molecular weight excluding hydrogens is 196 g/mol. The van der Waals surface area contributed by atoms with E-state index in [9.17, 15) is 9.59 Å². The van der Waals surface area contributed by atoms with Crippen LogP contribution >= 0.6 is 0 Å². The molecule has 1 fully saturated rings. The molecule has 1 aliphatic rings. The average molecular weight is 214 g/mol. The zero-order valence-corrected chi connectivity index (χ0v) is 9.12. The van der Waals surface area contributed by atoms with Crippen molar-refractivity contribution in [3.05, 3.63) is 0 Å². The second-order valence-electron chi connectivity index (χ2n) is 3.88. The Morgan fingerprint density at radius 3 is 2.80 bits per heavy atom. The molecule has 0 radical (unpaired) electrons. The maximum atomic E-state index is 11.5. The topological polar surface area (TPSA) is 87.5 Å². The van der Waals surface area contributed by atoms with E-state index in [0.717, 1.165) is 19.6 Å². The summed E-state index contributed by atoms with van der Waals surface area (Å²) in [6.45, 7) is 6.29.